The zero-order valence-corrected chi connectivity index (χ0v) is 10.8. The summed E-state index contributed by atoms with van der Waals surface area (Å²) in [6.07, 6.45) is 2.00. The average molecular weight is 237 g/mol. The first kappa shape index (κ1) is 14.0. The topological polar surface area (TPSA) is 44.5 Å². The van der Waals surface area contributed by atoms with E-state index in [1.807, 2.05) is 19.1 Å². The maximum Gasteiger partial charge on any atom is 0.119 e. The Morgan fingerprint density at radius 3 is 2.41 bits per heavy atom. The van der Waals surface area contributed by atoms with Gasteiger partial charge in [0, 0.05) is 19.6 Å². The van der Waals surface area contributed by atoms with Gasteiger partial charge in [0.2, 0.25) is 0 Å². The molecule has 0 aliphatic carbocycles. The minimum atomic E-state index is 0.106. The lowest BCUT2D eigenvalue weighted by molar-refractivity contribution is 0.0527. The zero-order valence-electron chi connectivity index (χ0n) is 10.8. The second-order valence-electron chi connectivity index (χ2n) is 3.95. The average Bonchev–Trinajstić information content (AvgIpc) is 2.38. The van der Waals surface area contributed by atoms with E-state index < -0.39 is 0 Å². The van der Waals surface area contributed by atoms with E-state index in [1.165, 1.54) is 5.56 Å². The highest BCUT2D eigenvalue weighted by molar-refractivity contribution is 5.27. The van der Waals surface area contributed by atoms with Gasteiger partial charge in [0.15, 0.2) is 0 Å². The Morgan fingerprint density at radius 1 is 1.18 bits per heavy atom. The van der Waals surface area contributed by atoms with Gasteiger partial charge in [-0.2, -0.15) is 0 Å². The number of benzene rings is 1. The predicted octanol–water partition coefficient (Wildman–Crippen LogP) is 2.38. The van der Waals surface area contributed by atoms with Crippen molar-refractivity contribution in [3.8, 4) is 5.75 Å². The van der Waals surface area contributed by atoms with Gasteiger partial charge in [0.25, 0.3) is 0 Å². The van der Waals surface area contributed by atoms with Gasteiger partial charge in [-0.1, -0.05) is 19.1 Å². The van der Waals surface area contributed by atoms with Crippen LogP contribution in [0.3, 0.4) is 0 Å². The first-order chi connectivity index (χ1) is 8.30. The van der Waals surface area contributed by atoms with Gasteiger partial charge >= 0.3 is 0 Å². The van der Waals surface area contributed by atoms with Crippen LogP contribution in [0.4, 0.5) is 0 Å². The molecule has 1 atom stereocenters. The summed E-state index contributed by atoms with van der Waals surface area (Å²) in [5, 5.41) is 0. The molecular formula is C14H23NO2. The van der Waals surface area contributed by atoms with Crippen LogP contribution >= 0.6 is 0 Å². The first-order valence-electron chi connectivity index (χ1n) is 6.33. The van der Waals surface area contributed by atoms with Gasteiger partial charge in [0.05, 0.1) is 12.7 Å². The molecule has 0 spiro atoms. The Hall–Kier alpha value is -1.06. The molecule has 0 aromatic heterocycles. The Morgan fingerprint density at radius 2 is 1.88 bits per heavy atom. The monoisotopic (exact) mass is 237 g/mol. The maximum absolute atomic E-state index is 5.65. The Balaban J connectivity index is 2.29. The summed E-state index contributed by atoms with van der Waals surface area (Å²) in [4.78, 5) is 0. The third kappa shape index (κ3) is 5.20. The van der Waals surface area contributed by atoms with Crippen molar-refractivity contribution in [3.05, 3.63) is 29.8 Å². The summed E-state index contributed by atoms with van der Waals surface area (Å²) in [6.45, 7) is 6.02. The second-order valence-corrected chi connectivity index (χ2v) is 3.95. The van der Waals surface area contributed by atoms with Crippen molar-refractivity contribution in [1.82, 2.24) is 0 Å². The molecule has 2 N–H and O–H groups in total. The minimum Gasteiger partial charge on any atom is -0.493 e. The molecule has 0 radical (unpaired) electrons. The third-order valence-electron chi connectivity index (χ3n) is 2.71. The van der Waals surface area contributed by atoms with E-state index in [0.29, 0.717) is 19.8 Å². The van der Waals surface area contributed by atoms with E-state index in [-0.39, 0.29) is 6.10 Å². The smallest absolute Gasteiger partial charge is 0.119 e. The predicted molar refractivity (Wildman–Crippen MR) is 70.4 cm³/mol. The highest BCUT2D eigenvalue weighted by Gasteiger charge is 2.05. The number of aryl methyl sites for hydroxylation is 1. The molecule has 0 amide bonds. The van der Waals surface area contributed by atoms with E-state index in [2.05, 4.69) is 19.1 Å². The van der Waals surface area contributed by atoms with Crippen LogP contribution in [0, 0.1) is 0 Å². The van der Waals surface area contributed by atoms with E-state index in [9.17, 15) is 0 Å². The van der Waals surface area contributed by atoms with Crippen molar-refractivity contribution in [2.45, 2.75) is 32.8 Å². The lowest BCUT2D eigenvalue weighted by Crippen LogP contribution is -2.25. The van der Waals surface area contributed by atoms with E-state index >= 15 is 0 Å². The van der Waals surface area contributed by atoms with Crippen molar-refractivity contribution in [2.24, 2.45) is 5.73 Å². The number of nitrogens with two attached hydrogens (primary N) is 1. The van der Waals surface area contributed by atoms with Gasteiger partial charge in [-0.15, -0.1) is 0 Å². The largest absolute Gasteiger partial charge is 0.493 e. The van der Waals surface area contributed by atoms with Crippen LogP contribution in [0.1, 0.15) is 25.8 Å². The van der Waals surface area contributed by atoms with Gasteiger partial charge in [-0.05, 0) is 31.0 Å². The SMILES string of the molecule is CCOC(CN)CCOc1ccc(CC)cc1. The number of hydrogen-bond acceptors (Lipinski definition) is 3. The molecule has 0 saturated carbocycles. The first-order valence-corrected chi connectivity index (χ1v) is 6.33. The quantitative estimate of drug-likeness (QED) is 0.755. The van der Waals surface area contributed by atoms with Crippen LogP contribution < -0.4 is 10.5 Å². The van der Waals surface area contributed by atoms with Gasteiger partial charge in [-0.25, -0.2) is 0 Å². The molecule has 3 nitrogen and oxygen atoms in total. The van der Waals surface area contributed by atoms with Crippen molar-refractivity contribution < 1.29 is 9.47 Å². The van der Waals surface area contributed by atoms with E-state index in [1.54, 1.807) is 0 Å². The third-order valence-corrected chi connectivity index (χ3v) is 2.71. The molecule has 0 saturated heterocycles. The van der Waals surface area contributed by atoms with Crippen molar-refractivity contribution in [2.75, 3.05) is 19.8 Å². The minimum absolute atomic E-state index is 0.106. The van der Waals surface area contributed by atoms with Crippen molar-refractivity contribution >= 4 is 0 Å². The van der Waals surface area contributed by atoms with E-state index in [0.717, 1.165) is 18.6 Å². The molecule has 0 bridgehead atoms. The fraction of sp³-hybridized carbons (Fsp3) is 0.571. The molecule has 17 heavy (non-hydrogen) atoms. The molecule has 96 valence electrons. The highest BCUT2D eigenvalue weighted by Crippen LogP contribution is 2.13. The Bertz CT molecular complexity index is 298. The molecule has 0 fully saturated rings. The fourth-order valence-electron chi connectivity index (χ4n) is 1.63. The molecule has 0 aliphatic heterocycles. The van der Waals surface area contributed by atoms with Crippen LogP contribution in [0.5, 0.6) is 5.75 Å². The normalized spacial score (nSPS) is 12.4. The summed E-state index contributed by atoms with van der Waals surface area (Å²) in [6, 6.07) is 8.21. The van der Waals surface area contributed by atoms with Crippen molar-refractivity contribution in [1.29, 1.82) is 0 Å². The summed E-state index contributed by atoms with van der Waals surface area (Å²) < 4.78 is 11.1. The van der Waals surface area contributed by atoms with Crippen molar-refractivity contribution in [3.63, 3.8) is 0 Å². The summed E-state index contributed by atoms with van der Waals surface area (Å²) in [7, 11) is 0. The molecule has 1 unspecified atom stereocenters. The summed E-state index contributed by atoms with van der Waals surface area (Å²) in [5.41, 5.74) is 6.92. The maximum atomic E-state index is 5.65. The lowest BCUT2D eigenvalue weighted by atomic mass is 10.2. The molecule has 1 aromatic carbocycles. The molecule has 0 aliphatic rings. The molecule has 1 aromatic rings. The summed E-state index contributed by atoms with van der Waals surface area (Å²) in [5.74, 6) is 0.912. The molecule has 3 heteroatoms. The fourth-order valence-corrected chi connectivity index (χ4v) is 1.63. The summed E-state index contributed by atoms with van der Waals surface area (Å²) >= 11 is 0. The van der Waals surface area contributed by atoms with E-state index in [4.69, 9.17) is 15.2 Å². The standard InChI is InChI=1S/C14H23NO2/c1-3-12-5-7-13(8-6-12)17-10-9-14(11-15)16-4-2/h5-8,14H,3-4,9-11,15H2,1-2H3. The molecule has 0 heterocycles. The number of hydrogen-bond donors (Lipinski definition) is 1. The van der Waals surface area contributed by atoms with Crippen LogP contribution in [-0.4, -0.2) is 25.9 Å². The number of rotatable bonds is 8. The van der Waals surface area contributed by atoms with Gasteiger partial charge < -0.3 is 15.2 Å². The number of ether oxygens (including phenoxy) is 2. The van der Waals surface area contributed by atoms with Crippen LogP contribution in [-0.2, 0) is 11.2 Å². The molecular weight excluding hydrogens is 214 g/mol. The highest BCUT2D eigenvalue weighted by atomic mass is 16.5. The zero-order chi connectivity index (χ0) is 12.5. The Kier molecular flexibility index (Phi) is 6.67. The second kappa shape index (κ2) is 8.09. The van der Waals surface area contributed by atoms with Crippen LogP contribution in [0.2, 0.25) is 0 Å². The van der Waals surface area contributed by atoms with Crippen LogP contribution in [0.25, 0.3) is 0 Å². The molecule has 1 rings (SSSR count). The Labute approximate surface area is 104 Å². The van der Waals surface area contributed by atoms with Crippen LogP contribution in [0.15, 0.2) is 24.3 Å². The van der Waals surface area contributed by atoms with Gasteiger partial charge in [0.1, 0.15) is 5.75 Å². The lowest BCUT2D eigenvalue weighted by Gasteiger charge is -2.15. The van der Waals surface area contributed by atoms with Gasteiger partial charge in [-0.3, -0.25) is 0 Å².